The van der Waals surface area contributed by atoms with Crippen molar-refractivity contribution in [3.05, 3.63) is 37.7 Å². The number of fused-ring (bicyclic) bond motifs is 7. The Hall–Kier alpha value is -2.36. The molecule has 0 amide bonds. The van der Waals surface area contributed by atoms with Crippen molar-refractivity contribution in [1.29, 1.82) is 0 Å². The standard InChI is InChI=1S/C18H15N2O2/c21-9-10-5-6-11-13-7-19-8-14(13)17-12-3-1-2-4-15(12)20(22)18(17)16(10)11/h6-10H,1-5H2/q+1. The monoisotopic (exact) mass is 291 g/mol. The summed E-state index contributed by atoms with van der Waals surface area (Å²) in [6.45, 7) is 0. The van der Waals surface area contributed by atoms with Gasteiger partial charge in [-0.3, -0.25) is 4.99 Å². The number of nitrogens with zero attached hydrogens (tertiary/aromatic N) is 2. The normalized spacial score (nSPS) is 23.6. The molecule has 1 unspecified atom stereocenters. The summed E-state index contributed by atoms with van der Waals surface area (Å²) in [5.41, 5.74) is 5.88. The molecule has 0 aromatic heterocycles. The summed E-state index contributed by atoms with van der Waals surface area (Å²) in [5, 5.41) is 2.13. The Labute approximate surface area is 127 Å². The van der Waals surface area contributed by atoms with Crippen molar-refractivity contribution in [2.45, 2.75) is 38.0 Å². The second-order valence-corrected chi connectivity index (χ2v) is 6.39. The number of aldehydes is 1. The molecule has 2 heterocycles. The third-order valence-electron chi connectivity index (χ3n) is 5.34. The number of hydrogen-bond acceptors (Lipinski definition) is 3. The molecule has 1 aromatic carbocycles. The zero-order chi connectivity index (χ0) is 14.8. The molecule has 2 aliphatic carbocycles. The fourth-order valence-electron chi connectivity index (χ4n) is 4.39. The quantitative estimate of drug-likeness (QED) is 0.587. The lowest BCUT2D eigenvalue weighted by Crippen LogP contribution is -2.31. The number of carbonyl (C=O) groups excluding carboxylic acids is 1. The molecule has 0 N–H and O–H groups in total. The van der Waals surface area contributed by atoms with Gasteiger partial charge in [-0.2, -0.15) is 0 Å². The molecule has 0 saturated heterocycles. The van der Waals surface area contributed by atoms with Gasteiger partial charge in [-0.05, 0) is 30.9 Å². The lowest BCUT2D eigenvalue weighted by molar-refractivity contribution is -0.406. The fourth-order valence-corrected chi connectivity index (χ4v) is 4.39. The van der Waals surface area contributed by atoms with Gasteiger partial charge in [0.25, 0.3) is 5.69 Å². The number of benzene rings is 1. The maximum absolute atomic E-state index is 12.9. The molecule has 0 saturated carbocycles. The van der Waals surface area contributed by atoms with Gasteiger partial charge >= 0.3 is 0 Å². The van der Waals surface area contributed by atoms with Crippen LogP contribution in [-0.2, 0) is 4.79 Å². The highest BCUT2D eigenvalue weighted by atomic mass is 16.3. The lowest BCUT2D eigenvalue weighted by Gasteiger charge is -2.09. The maximum atomic E-state index is 12.9. The van der Waals surface area contributed by atoms with Crippen molar-refractivity contribution >= 4 is 36.0 Å². The van der Waals surface area contributed by atoms with Crippen molar-refractivity contribution in [1.82, 2.24) is 0 Å². The van der Waals surface area contributed by atoms with Gasteiger partial charge in [0.2, 0.25) is 5.70 Å². The predicted molar refractivity (Wildman–Crippen MR) is 84.3 cm³/mol. The van der Waals surface area contributed by atoms with E-state index in [9.17, 15) is 9.70 Å². The van der Waals surface area contributed by atoms with E-state index in [2.05, 4.69) is 11.1 Å². The summed E-state index contributed by atoms with van der Waals surface area (Å²) in [6.07, 6.45) is 11.5. The number of rotatable bonds is 1. The number of nitroso groups, excluding NO2 is 1. The third kappa shape index (κ3) is 1.29. The van der Waals surface area contributed by atoms with Gasteiger partial charge in [0.15, 0.2) is 0 Å². The number of hydrogen-bond donors (Lipinski definition) is 0. The van der Waals surface area contributed by atoms with E-state index in [-0.39, 0.29) is 5.92 Å². The van der Waals surface area contributed by atoms with Gasteiger partial charge in [-0.25, -0.2) is 0 Å². The largest absolute Gasteiger partial charge is 0.303 e. The molecule has 4 heteroatoms. The third-order valence-corrected chi connectivity index (χ3v) is 5.34. The molecule has 1 aromatic rings. The highest BCUT2D eigenvalue weighted by Gasteiger charge is 2.45. The Morgan fingerprint density at radius 1 is 1.23 bits per heavy atom. The Morgan fingerprint density at radius 2 is 2.09 bits per heavy atom. The van der Waals surface area contributed by atoms with E-state index in [0.29, 0.717) is 6.42 Å². The summed E-state index contributed by atoms with van der Waals surface area (Å²) in [4.78, 5) is 28.7. The van der Waals surface area contributed by atoms with E-state index in [1.54, 1.807) is 0 Å². The Bertz CT molecular complexity index is 951. The molecule has 0 bridgehead atoms. The van der Waals surface area contributed by atoms with E-state index >= 15 is 0 Å². The summed E-state index contributed by atoms with van der Waals surface area (Å²) in [6, 6.07) is 0. The average molecular weight is 291 g/mol. The maximum Gasteiger partial charge on any atom is 0.276 e. The van der Waals surface area contributed by atoms with Crippen LogP contribution in [0, 0.1) is 4.91 Å². The van der Waals surface area contributed by atoms with Gasteiger partial charge in [-0.1, -0.05) is 6.08 Å². The van der Waals surface area contributed by atoms with Crippen LogP contribution in [0.25, 0.3) is 17.8 Å². The van der Waals surface area contributed by atoms with Crippen LogP contribution in [0.4, 0.5) is 5.69 Å². The van der Waals surface area contributed by atoms with Crippen molar-refractivity contribution < 1.29 is 9.55 Å². The summed E-state index contributed by atoms with van der Waals surface area (Å²) < 4.78 is 1.12. The molecule has 4 nitrogen and oxygen atoms in total. The van der Waals surface area contributed by atoms with Gasteiger partial charge < -0.3 is 4.79 Å². The summed E-state index contributed by atoms with van der Waals surface area (Å²) >= 11 is 0. The minimum absolute atomic E-state index is 0.194. The van der Waals surface area contributed by atoms with E-state index < -0.39 is 0 Å². The second kappa shape index (κ2) is 4.09. The molecule has 4 aliphatic rings. The van der Waals surface area contributed by atoms with Crippen molar-refractivity contribution in [3.8, 4) is 0 Å². The van der Waals surface area contributed by atoms with Gasteiger partial charge in [0, 0.05) is 45.7 Å². The molecule has 0 fully saturated rings. The van der Waals surface area contributed by atoms with Crippen LogP contribution in [0.2, 0.25) is 0 Å². The zero-order valence-electron chi connectivity index (χ0n) is 12.1. The van der Waals surface area contributed by atoms with Crippen molar-refractivity contribution in [2.75, 3.05) is 0 Å². The van der Waals surface area contributed by atoms with Crippen LogP contribution in [0.15, 0.2) is 10.7 Å². The minimum atomic E-state index is -0.194. The molecular formula is C18H15N2O2+. The first kappa shape index (κ1) is 12.2. The highest BCUT2D eigenvalue weighted by Crippen LogP contribution is 2.48. The summed E-state index contributed by atoms with van der Waals surface area (Å²) in [7, 11) is 0. The number of carbonyl (C=O) groups is 1. The first-order valence-electron chi connectivity index (χ1n) is 7.89. The van der Waals surface area contributed by atoms with Crippen LogP contribution in [0.1, 0.15) is 54.7 Å². The molecule has 22 heavy (non-hydrogen) atoms. The highest BCUT2D eigenvalue weighted by molar-refractivity contribution is 5.98. The first-order valence-corrected chi connectivity index (χ1v) is 7.89. The van der Waals surface area contributed by atoms with E-state index in [1.165, 1.54) is 5.57 Å². The molecule has 5 rings (SSSR count). The molecule has 1 atom stereocenters. The smallest absolute Gasteiger partial charge is 0.276 e. The topological polar surface area (TPSA) is 49.5 Å². The Morgan fingerprint density at radius 3 is 2.95 bits per heavy atom. The molecule has 108 valence electrons. The van der Waals surface area contributed by atoms with Crippen molar-refractivity contribution in [3.63, 3.8) is 0 Å². The van der Waals surface area contributed by atoms with E-state index in [1.807, 2.05) is 12.4 Å². The fraction of sp³-hybridized carbons (Fsp3) is 0.333. The minimum Gasteiger partial charge on any atom is -0.303 e. The SMILES string of the molecule is O=CC1CC=c2c1c1c(c3c2=CN=C3)C2=C(CCCC2)[N+]1=O. The zero-order valence-corrected chi connectivity index (χ0v) is 12.1. The second-order valence-electron chi connectivity index (χ2n) is 6.39. The van der Waals surface area contributed by atoms with Crippen molar-refractivity contribution in [2.24, 2.45) is 4.99 Å². The van der Waals surface area contributed by atoms with Crippen LogP contribution in [-0.4, -0.2) is 17.3 Å². The number of allylic oxidation sites excluding steroid dienone is 2. The van der Waals surface area contributed by atoms with Gasteiger partial charge in [0.1, 0.15) is 6.29 Å². The van der Waals surface area contributed by atoms with Gasteiger partial charge in [0.05, 0.1) is 16.2 Å². The molecular weight excluding hydrogens is 276 g/mol. The molecule has 2 aliphatic heterocycles. The molecule has 0 spiro atoms. The Balaban J connectivity index is 1.95. The van der Waals surface area contributed by atoms with Crippen LogP contribution in [0.5, 0.6) is 0 Å². The van der Waals surface area contributed by atoms with Crippen LogP contribution >= 0.6 is 0 Å². The predicted octanol–water partition coefficient (Wildman–Crippen LogP) is 2.03. The van der Waals surface area contributed by atoms with Gasteiger partial charge in [-0.15, -0.1) is 0 Å². The molecule has 0 radical (unpaired) electrons. The Kier molecular flexibility index (Phi) is 2.27. The van der Waals surface area contributed by atoms with Crippen LogP contribution < -0.4 is 10.4 Å². The van der Waals surface area contributed by atoms with E-state index in [0.717, 1.165) is 75.2 Å². The number of aliphatic imine (C=N–C) groups is 1. The first-order chi connectivity index (χ1) is 10.8. The lowest BCUT2D eigenvalue weighted by atomic mass is 9.87. The average Bonchev–Trinajstić information content (AvgIpc) is 3.23. The summed E-state index contributed by atoms with van der Waals surface area (Å²) in [5.74, 6) is -0.194. The van der Waals surface area contributed by atoms with Crippen LogP contribution in [0.3, 0.4) is 0 Å². The van der Waals surface area contributed by atoms with E-state index in [4.69, 9.17) is 0 Å².